The Morgan fingerprint density at radius 3 is 3.00 bits per heavy atom. The molecule has 2 rings (SSSR count). The summed E-state index contributed by atoms with van der Waals surface area (Å²) in [7, 11) is 1.65. The number of ether oxygens (including phenoxy) is 1. The van der Waals surface area contributed by atoms with Crippen LogP contribution in [-0.4, -0.2) is 37.0 Å². The lowest BCUT2D eigenvalue weighted by atomic mass is 10.1. The van der Waals surface area contributed by atoms with Crippen LogP contribution in [0.4, 0.5) is 0 Å². The van der Waals surface area contributed by atoms with Crippen LogP contribution < -0.4 is 10.5 Å². The van der Waals surface area contributed by atoms with Crippen molar-refractivity contribution in [1.29, 1.82) is 0 Å². The largest absolute Gasteiger partial charge is 0.497 e. The minimum Gasteiger partial charge on any atom is -0.497 e. The second kappa shape index (κ2) is 8.12. The highest BCUT2D eigenvalue weighted by molar-refractivity contribution is 5.85. The van der Waals surface area contributed by atoms with Crippen molar-refractivity contribution in [3.8, 4) is 5.75 Å². The number of nitrogens with zero attached hydrogens (tertiary/aromatic N) is 1. The third kappa shape index (κ3) is 4.12. The summed E-state index contributed by atoms with van der Waals surface area (Å²) >= 11 is 0. The molecule has 0 bridgehead atoms. The van der Waals surface area contributed by atoms with Crippen molar-refractivity contribution in [2.75, 3.05) is 20.2 Å². The molecule has 5 heteroatoms. The second-order valence-corrected chi connectivity index (χ2v) is 4.97. The summed E-state index contributed by atoms with van der Waals surface area (Å²) in [6.45, 7) is 1.43. The molecule has 1 heterocycles. The van der Waals surface area contributed by atoms with Crippen molar-refractivity contribution in [1.82, 2.24) is 4.90 Å². The van der Waals surface area contributed by atoms with Crippen LogP contribution in [-0.2, 0) is 11.2 Å². The van der Waals surface area contributed by atoms with Crippen molar-refractivity contribution >= 4 is 18.3 Å². The number of aryl methyl sites for hydroxylation is 1. The summed E-state index contributed by atoms with van der Waals surface area (Å²) in [6.07, 6.45) is 3.42. The maximum absolute atomic E-state index is 12.2. The normalized spacial score (nSPS) is 17.7. The highest BCUT2D eigenvalue weighted by Crippen LogP contribution is 2.19. The number of hydrogen-bond acceptors (Lipinski definition) is 3. The lowest BCUT2D eigenvalue weighted by Crippen LogP contribution is -2.39. The van der Waals surface area contributed by atoms with Crippen LogP contribution in [0.25, 0.3) is 0 Å². The fourth-order valence-electron chi connectivity index (χ4n) is 2.63. The zero-order valence-electron chi connectivity index (χ0n) is 11.9. The predicted octanol–water partition coefficient (Wildman–Crippen LogP) is 2.00. The Bertz CT molecular complexity index is 440. The molecule has 1 aliphatic heterocycles. The Morgan fingerprint density at radius 2 is 2.30 bits per heavy atom. The molecule has 1 unspecified atom stereocenters. The van der Waals surface area contributed by atoms with Gasteiger partial charge in [0.1, 0.15) is 5.75 Å². The molecule has 20 heavy (non-hydrogen) atoms. The SMILES string of the molecule is COc1cccc(CCC(=O)N2CCCC2CN)c1.Cl. The van der Waals surface area contributed by atoms with E-state index < -0.39 is 0 Å². The average Bonchev–Trinajstić information content (AvgIpc) is 2.93. The molecule has 112 valence electrons. The Balaban J connectivity index is 0.00000200. The molecule has 1 aromatic rings. The van der Waals surface area contributed by atoms with Gasteiger partial charge in [-0.1, -0.05) is 12.1 Å². The minimum absolute atomic E-state index is 0. The van der Waals surface area contributed by atoms with Gasteiger partial charge < -0.3 is 15.4 Å². The summed E-state index contributed by atoms with van der Waals surface area (Å²) in [6, 6.07) is 8.13. The third-order valence-electron chi connectivity index (χ3n) is 3.73. The van der Waals surface area contributed by atoms with Crippen molar-refractivity contribution < 1.29 is 9.53 Å². The van der Waals surface area contributed by atoms with Crippen molar-refractivity contribution in [2.45, 2.75) is 31.7 Å². The monoisotopic (exact) mass is 298 g/mol. The summed E-state index contributed by atoms with van der Waals surface area (Å²) < 4.78 is 5.18. The average molecular weight is 299 g/mol. The minimum atomic E-state index is 0. The molecule has 0 aliphatic carbocycles. The number of hydrogen-bond donors (Lipinski definition) is 1. The molecule has 1 fully saturated rings. The molecule has 1 amide bonds. The maximum Gasteiger partial charge on any atom is 0.223 e. The highest BCUT2D eigenvalue weighted by atomic mass is 35.5. The van der Waals surface area contributed by atoms with Crippen LogP contribution in [0.2, 0.25) is 0 Å². The Hall–Kier alpha value is -1.26. The lowest BCUT2D eigenvalue weighted by Gasteiger charge is -2.23. The van der Waals surface area contributed by atoms with Gasteiger partial charge in [-0.2, -0.15) is 0 Å². The van der Waals surface area contributed by atoms with Gasteiger partial charge in [-0.05, 0) is 37.0 Å². The fourth-order valence-corrected chi connectivity index (χ4v) is 2.63. The number of carbonyl (C=O) groups excluding carboxylic acids is 1. The Kier molecular flexibility index (Phi) is 6.82. The topological polar surface area (TPSA) is 55.6 Å². The number of carbonyl (C=O) groups is 1. The summed E-state index contributed by atoms with van der Waals surface area (Å²) in [5.74, 6) is 1.06. The molecule has 2 N–H and O–H groups in total. The van der Waals surface area contributed by atoms with E-state index in [1.165, 1.54) is 0 Å². The van der Waals surface area contributed by atoms with Gasteiger partial charge in [-0.15, -0.1) is 12.4 Å². The lowest BCUT2D eigenvalue weighted by molar-refractivity contribution is -0.131. The summed E-state index contributed by atoms with van der Waals surface area (Å²) in [4.78, 5) is 14.1. The predicted molar refractivity (Wildman–Crippen MR) is 82.4 cm³/mol. The maximum atomic E-state index is 12.2. The number of halogens is 1. The first kappa shape index (κ1) is 16.8. The van der Waals surface area contributed by atoms with Crippen LogP contribution in [0.15, 0.2) is 24.3 Å². The van der Waals surface area contributed by atoms with Crippen LogP contribution >= 0.6 is 12.4 Å². The van der Waals surface area contributed by atoms with Gasteiger partial charge in [0.15, 0.2) is 0 Å². The second-order valence-electron chi connectivity index (χ2n) is 4.97. The Labute approximate surface area is 126 Å². The van der Waals surface area contributed by atoms with Gasteiger partial charge in [-0.25, -0.2) is 0 Å². The van der Waals surface area contributed by atoms with Gasteiger partial charge >= 0.3 is 0 Å². The van der Waals surface area contributed by atoms with E-state index in [0.717, 1.165) is 37.1 Å². The van der Waals surface area contributed by atoms with Crippen LogP contribution in [0.3, 0.4) is 0 Å². The number of nitrogens with two attached hydrogens (primary N) is 1. The third-order valence-corrected chi connectivity index (χ3v) is 3.73. The Morgan fingerprint density at radius 1 is 1.50 bits per heavy atom. The molecule has 1 aliphatic rings. The van der Waals surface area contributed by atoms with E-state index in [9.17, 15) is 4.79 Å². The van der Waals surface area contributed by atoms with Gasteiger partial charge in [0.2, 0.25) is 5.91 Å². The van der Waals surface area contributed by atoms with Gasteiger partial charge in [0, 0.05) is 25.6 Å². The molecule has 0 aromatic heterocycles. The van der Waals surface area contributed by atoms with E-state index in [1.54, 1.807) is 7.11 Å². The quantitative estimate of drug-likeness (QED) is 0.904. The molecule has 1 aromatic carbocycles. The first-order chi connectivity index (χ1) is 9.24. The van der Waals surface area contributed by atoms with Crippen LogP contribution in [0, 0.1) is 0 Å². The number of likely N-dealkylation sites (tertiary alicyclic amines) is 1. The molecular formula is C15H23ClN2O2. The smallest absolute Gasteiger partial charge is 0.223 e. The van der Waals surface area contributed by atoms with E-state index in [2.05, 4.69) is 0 Å². The standard InChI is InChI=1S/C15H22N2O2.ClH/c1-19-14-6-2-4-12(10-14)7-8-15(18)17-9-3-5-13(17)11-16;/h2,4,6,10,13H,3,5,7-9,11,16H2,1H3;1H. The van der Waals surface area contributed by atoms with E-state index in [0.29, 0.717) is 13.0 Å². The van der Waals surface area contributed by atoms with Gasteiger partial charge in [-0.3, -0.25) is 4.79 Å². The van der Waals surface area contributed by atoms with Crippen molar-refractivity contribution in [3.63, 3.8) is 0 Å². The van der Waals surface area contributed by atoms with E-state index in [1.807, 2.05) is 29.2 Å². The highest BCUT2D eigenvalue weighted by Gasteiger charge is 2.26. The summed E-state index contributed by atoms with van der Waals surface area (Å²) in [5.41, 5.74) is 6.83. The zero-order chi connectivity index (χ0) is 13.7. The number of amides is 1. The first-order valence-electron chi connectivity index (χ1n) is 6.87. The zero-order valence-corrected chi connectivity index (χ0v) is 12.7. The molecular weight excluding hydrogens is 276 g/mol. The number of benzene rings is 1. The van der Waals surface area contributed by atoms with Crippen LogP contribution in [0.5, 0.6) is 5.75 Å². The molecule has 0 saturated carbocycles. The van der Waals surface area contributed by atoms with Gasteiger partial charge in [0.25, 0.3) is 0 Å². The molecule has 0 spiro atoms. The fraction of sp³-hybridized carbons (Fsp3) is 0.533. The first-order valence-corrected chi connectivity index (χ1v) is 6.87. The van der Waals surface area contributed by atoms with E-state index in [4.69, 9.17) is 10.5 Å². The summed E-state index contributed by atoms with van der Waals surface area (Å²) in [5, 5.41) is 0. The molecule has 1 atom stereocenters. The van der Waals surface area contributed by atoms with E-state index in [-0.39, 0.29) is 24.4 Å². The van der Waals surface area contributed by atoms with Crippen LogP contribution in [0.1, 0.15) is 24.8 Å². The molecule has 1 saturated heterocycles. The van der Waals surface area contributed by atoms with Gasteiger partial charge in [0.05, 0.1) is 7.11 Å². The van der Waals surface area contributed by atoms with E-state index >= 15 is 0 Å². The number of methoxy groups -OCH3 is 1. The molecule has 0 radical (unpaired) electrons. The van der Waals surface area contributed by atoms with Crippen molar-refractivity contribution in [2.24, 2.45) is 5.73 Å². The molecule has 4 nitrogen and oxygen atoms in total. The van der Waals surface area contributed by atoms with Crippen molar-refractivity contribution in [3.05, 3.63) is 29.8 Å². The number of rotatable bonds is 5.